The van der Waals surface area contributed by atoms with Crippen molar-refractivity contribution in [1.29, 1.82) is 0 Å². The highest BCUT2D eigenvalue weighted by Crippen LogP contribution is 2.38. The van der Waals surface area contributed by atoms with Crippen LogP contribution in [0.5, 0.6) is 0 Å². The van der Waals surface area contributed by atoms with E-state index in [1.807, 2.05) is 0 Å². The molecule has 7 nitrogen and oxygen atoms in total. The van der Waals surface area contributed by atoms with E-state index in [4.69, 9.17) is 23.7 Å². The third kappa shape index (κ3) is 10.7. The summed E-state index contributed by atoms with van der Waals surface area (Å²) < 4.78 is 29.4. The molecular formula is C32H56O7. The van der Waals surface area contributed by atoms with Crippen LogP contribution in [0.15, 0.2) is 12.2 Å². The van der Waals surface area contributed by atoms with Gasteiger partial charge in [0.25, 0.3) is 5.79 Å². The fourth-order valence-electron chi connectivity index (χ4n) is 6.33. The largest absolute Gasteiger partial charge is 0.465 e. The molecule has 3 rings (SSSR count). The van der Waals surface area contributed by atoms with Gasteiger partial charge in [-0.15, -0.1) is 0 Å². The van der Waals surface area contributed by atoms with Gasteiger partial charge in [0, 0.05) is 19.6 Å². The number of esters is 1. The van der Waals surface area contributed by atoms with Crippen LogP contribution in [-0.4, -0.2) is 55.9 Å². The molecule has 0 spiro atoms. The molecular weight excluding hydrogens is 496 g/mol. The van der Waals surface area contributed by atoms with Gasteiger partial charge in [-0.05, 0) is 88.4 Å². The maximum atomic E-state index is 13.1. The van der Waals surface area contributed by atoms with Gasteiger partial charge >= 0.3 is 5.97 Å². The van der Waals surface area contributed by atoms with Crippen LogP contribution in [0.1, 0.15) is 123 Å². The van der Waals surface area contributed by atoms with Gasteiger partial charge in [0.15, 0.2) is 12.6 Å². The van der Waals surface area contributed by atoms with Crippen LogP contribution in [0.2, 0.25) is 0 Å². The summed E-state index contributed by atoms with van der Waals surface area (Å²) in [6.45, 7) is 5.83. The Morgan fingerprint density at radius 2 is 1.67 bits per heavy atom. The van der Waals surface area contributed by atoms with Crippen molar-refractivity contribution >= 4 is 5.97 Å². The van der Waals surface area contributed by atoms with Crippen LogP contribution >= 0.6 is 0 Å². The average molecular weight is 553 g/mol. The SMILES string of the molecule is CCCC[C@@H](C)CC=C[C@H]1CC[C@H](O)[C@@H]1CCCCCC(OC1CCCCO1)(OC1CCCCO1)C(=O)OC. The predicted octanol–water partition coefficient (Wildman–Crippen LogP) is 7.05. The van der Waals surface area contributed by atoms with E-state index in [1.54, 1.807) is 0 Å². The van der Waals surface area contributed by atoms with E-state index in [0.717, 1.165) is 89.4 Å². The van der Waals surface area contributed by atoms with Crippen LogP contribution in [0.4, 0.5) is 0 Å². The van der Waals surface area contributed by atoms with Crippen molar-refractivity contribution in [3.63, 3.8) is 0 Å². The summed E-state index contributed by atoms with van der Waals surface area (Å²) in [5, 5.41) is 10.7. The van der Waals surface area contributed by atoms with Crippen LogP contribution < -0.4 is 0 Å². The summed E-state index contributed by atoms with van der Waals surface area (Å²) in [6, 6.07) is 0. The molecule has 1 saturated carbocycles. The molecule has 1 aliphatic carbocycles. The number of hydrogen-bond donors (Lipinski definition) is 1. The highest BCUT2D eigenvalue weighted by Gasteiger charge is 2.47. The van der Waals surface area contributed by atoms with Gasteiger partial charge in [-0.25, -0.2) is 4.79 Å². The quantitative estimate of drug-likeness (QED) is 0.0895. The molecule has 0 aromatic rings. The molecule has 2 saturated heterocycles. The molecule has 6 atom stereocenters. The number of allylic oxidation sites excluding steroid dienone is 2. The first-order valence-corrected chi connectivity index (χ1v) is 16.0. The van der Waals surface area contributed by atoms with Crippen molar-refractivity contribution in [1.82, 2.24) is 0 Å². The molecule has 0 bridgehead atoms. The van der Waals surface area contributed by atoms with Crippen molar-refractivity contribution in [2.24, 2.45) is 17.8 Å². The smallest absolute Gasteiger partial charge is 0.366 e. The fourth-order valence-corrected chi connectivity index (χ4v) is 6.33. The molecule has 2 aliphatic heterocycles. The van der Waals surface area contributed by atoms with Crippen LogP contribution in [0.3, 0.4) is 0 Å². The number of unbranched alkanes of at least 4 members (excludes halogenated alkanes) is 3. The first kappa shape index (κ1) is 32.5. The van der Waals surface area contributed by atoms with E-state index in [0.29, 0.717) is 31.5 Å². The third-order valence-electron chi connectivity index (χ3n) is 8.77. The molecule has 2 heterocycles. The Balaban J connectivity index is 1.52. The van der Waals surface area contributed by atoms with Gasteiger partial charge in [-0.2, -0.15) is 0 Å². The van der Waals surface area contributed by atoms with Gasteiger partial charge in [0.1, 0.15) is 0 Å². The van der Waals surface area contributed by atoms with Crippen LogP contribution in [-0.2, 0) is 28.5 Å². The maximum Gasteiger partial charge on any atom is 0.366 e. The van der Waals surface area contributed by atoms with Crippen molar-refractivity contribution in [2.75, 3.05) is 20.3 Å². The molecule has 2 unspecified atom stereocenters. The van der Waals surface area contributed by atoms with E-state index in [2.05, 4.69) is 26.0 Å². The van der Waals surface area contributed by atoms with E-state index in [-0.39, 0.29) is 6.10 Å². The first-order chi connectivity index (χ1) is 19.0. The van der Waals surface area contributed by atoms with E-state index < -0.39 is 24.3 Å². The Labute approximate surface area is 237 Å². The highest BCUT2D eigenvalue weighted by molar-refractivity contribution is 5.77. The third-order valence-corrected chi connectivity index (χ3v) is 8.77. The minimum atomic E-state index is -1.52. The second kappa shape index (κ2) is 17.7. The molecule has 0 radical (unpaired) electrons. The summed E-state index contributed by atoms with van der Waals surface area (Å²) in [4.78, 5) is 13.1. The van der Waals surface area contributed by atoms with Crippen LogP contribution in [0.25, 0.3) is 0 Å². The summed E-state index contributed by atoms with van der Waals surface area (Å²) in [7, 11) is 1.38. The van der Waals surface area contributed by atoms with Crippen molar-refractivity contribution < 1.29 is 33.6 Å². The molecule has 7 heteroatoms. The molecule has 226 valence electrons. The van der Waals surface area contributed by atoms with E-state index in [1.165, 1.54) is 26.4 Å². The van der Waals surface area contributed by atoms with Gasteiger partial charge in [0.05, 0.1) is 13.2 Å². The topological polar surface area (TPSA) is 83.5 Å². The number of ether oxygens (including phenoxy) is 5. The number of carbonyl (C=O) groups excluding carboxylic acids is 1. The van der Waals surface area contributed by atoms with Crippen molar-refractivity contribution in [3.8, 4) is 0 Å². The number of aliphatic hydroxyl groups is 1. The van der Waals surface area contributed by atoms with Gasteiger partial charge < -0.3 is 28.8 Å². The minimum Gasteiger partial charge on any atom is -0.465 e. The lowest BCUT2D eigenvalue weighted by molar-refractivity contribution is -0.353. The number of rotatable bonds is 17. The van der Waals surface area contributed by atoms with Gasteiger partial charge in [-0.1, -0.05) is 58.1 Å². The summed E-state index contributed by atoms with van der Waals surface area (Å²) in [6.07, 6.45) is 20.0. The van der Waals surface area contributed by atoms with E-state index >= 15 is 0 Å². The zero-order valence-electron chi connectivity index (χ0n) is 25.0. The lowest BCUT2D eigenvalue weighted by Crippen LogP contribution is -2.51. The maximum absolute atomic E-state index is 13.1. The van der Waals surface area contributed by atoms with Gasteiger partial charge in [-0.3, -0.25) is 0 Å². The number of carbonyl (C=O) groups is 1. The monoisotopic (exact) mass is 552 g/mol. The highest BCUT2D eigenvalue weighted by atomic mass is 16.8. The normalized spacial score (nSPS) is 30.3. The summed E-state index contributed by atoms with van der Waals surface area (Å²) in [5.74, 6) is -0.535. The zero-order valence-corrected chi connectivity index (χ0v) is 25.0. The lowest BCUT2D eigenvalue weighted by Gasteiger charge is -2.38. The molecule has 3 aliphatic rings. The van der Waals surface area contributed by atoms with Crippen LogP contribution in [0, 0.1) is 17.8 Å². The molecule has 0 amide bonds. The standard InChI is InChI=1S/C32H56O7/c1-4-5-14-25(2)15-13-16-26-20-21-28(33)27(26)17-7-6-10-22-32(31(34)35-3,38-29-18-8-11-23-36-29)39-30-19-9-12-24-37-30/h13,16,25-30,33H,4-12,14-15,17-24H2,1-3H3/t25-,26+,27-,28+,29?,30?,32?/m1/s1. The molecule has 1 N–H and O–H groups in total. The summed E-state index contributed by atoms with van der Waals surface area (Å²) in [5.41, 5.74) is 0. The molecule has 39 heavy (non-hydrogen) atoms. The van der Waals surface area contributed by atoms with Crippen molar-refractivity contribution in [3.05, 3.63) is 12.2 Å². The molecule has 0 aromatic carbocycles. The first-order valence-electron chi connectivity index (χ1n) is 16.0. The predicted molar refractivity (Wildman–Crippen MR) is 152 cm³/mol. The zero-order chi connectivity index (χ0) is 27.9. The Bertz CT molecular complexity index is 679. The molecule has 3 fully saturated rings. The number of aliphatic hydroxyl groups excluding tert-OH is 1. The number of methoxy groups -OCH3 is 1. The lowest BCUT2D eigenvalue weighted by atomic mass is 9.88. The Morgan fingerprint density at radius 1 is 0.974 bits per heavy atom. The number of hydrogen-bond acceptors (Lipinski definition) is 7. The second-order valence-electron chi connectivity index (χ2n) is 12.1. The fraction of sp³-hybridized carbons (Fsp3) is 0.906. The van der Waals surface area contributed by atoms with Crippen molar-refractivity contribution in [2.45, 2.75) is 147 Å². The van der Waals surface area contributed by atoms with E-state index in [9.17, 15) is 9.90 Å². The Morgan fingerprint density at radius 3 is 2.26 bits per heavy atom. The second-order valence-corrected chi connectivity index (χ2v) is 12.1. The average Bonchev–Trinajstić information content (AvgIpc) is 3.30. The Hall–Kier alpha value is -0.990. The van der Waals surface area contributed by atoms with Gasteiger partial charge in [0.2, 0.25) is 0 Å². The summed E-state index contributed by atoms with van der Waals surface area (Å²) >= 11 is 0. The molecule has 0 aromatic heterocycles. The minimum absolute atomic E-state index is 0.218. The Kier molecular flexibility index (Phi) is 14.8.